The lowest BCUT2D eigenvalue weighted by molar-refractivity contribution is 0.425. The largest absolute Gasteiger partial charge is 0.396 e. The monoisotopic (exact) mass is 207 g/mol. The van der Waals surface area contributed by atoms with Crippen LogP contribution >= 0.6 is 0 Å². The Labute approximate surface area is 90.0 Å². The third-order valence-corrected chi connectivity index (χ3v) is 1.96. The zero-order valence-electron chi connectivity index (χ0n) is 9.20. The van der Waals surface area contributed by atoms with E-state index < -0.39 is 0 Å². The summed E-state index contributed by atoms with van der Waals surface area (Å²) in [6, 6.07) is 1.79. The van der Waals surface area contributed by atoms with Crippen molar-refractivity contribution in [3.63, 3.8) is 0 Å². The van der Waals surface area contributed by atoms with Gasteiger partial charge in [0.25, 0.3) is 0 Å². The van der Waals surface area contributed by atoms with Crippen molar-refractivity contribution in [1.29, 1.82) is 0 Å². The van der Waals surface area contributed by atoms with Gasteiger partial charge in [0.2, 0.25) is 0 Å². The second-order valence-electron chi connectivity index (χ2n) is 3.52. The maximum absolute atomic E-state index is 5.76. The van der Waals surface area contributed by atoms with Gasteiger partial charge in [-0.15, -0.1) is 0 Å². The first-order valence-corrected chi connectivity index (χ1v) is 4.74. The number of aliphatic imine (C=N–C) groups is 1. The van der Waals surface area contributed by atoms with Crippen LogP contribution in [0.15, 0.2) is 17.3 Å². The molecule has 0 spiro atoms. The van der Waals surface area contributed by atoms with E-state index in [0.29, 0.717) is 11.5 Å². The first-order valence-electron chi connectivity index (χ1n) is 4.74. The van der Waals surface area contributed by atoms with Crippen molar-refractivity contribution in [2.24, 2.45) is 4.99 Å². The highest BCUT2D eigenvalue weighted by Crippen LogP contribution is 2.21. The summed E-state index contributed by atoms with van der Waals surface area (Å²) in [6.07, 6.45) is 1.59. The highest BCUT2D eigenvalue weighted by molar-refractivity contribution is 5.68. The molecule has 0 aliphatic rings. The van der Waals surface area contributed by atoms with Crippen LogP contribution in [0.5, 0.6) is 0 Å². The van der Waals surface area contributed by atoms with Crippen LogP contribution in [0.1, 0.15) is 0 Å². The number of rotatable bonds is 5. The molecule has 0 saturated carbocycles. The van der Waals surface area contributed by atoms with Crippen molar-refractivity contribution < 1.29 is 0 Å². The minimum absolute atomic E-state index is 0.580. The average Bonchev–Trinajstić information content (AvgIpc) is 2.20. The van der Waals surface area contributed by atoms with Gasteiger partial charge in [0.05, 0.1) is 17.6 Å². The van der Waals surface area contributed by atoms with Gasteiger partial charge >= 0.3 is 0 Å². The summed E-state index contributed by atoms with van der Waals surface area (Å²) in [5, 5.41) is 3.22. The van der Waals surface area contributed by atoms with Crippen LogP contribution < -0.4 is 11.1 Å². The van der Waals surface area contributed by atoms with E-state index in [1.807, 2.05) is 14.1 Å². The van der Waals surface area contributed by atoms with Gasteiger partial charge in [-0.3, -0.25) is 0 Å². The molecule has 0 aromatic carbocycles. The molecule has 3 N–H and O–H groups in total. The van der Waals surface area contributed by atoms with Crippen molar-refractivity contribution >= 4 is 23.9 Å². The number of likely N-dealkylation sites (N-methyl/N-ethyl adjacent to an activating group) is 1. The number of nitrogens with two attached hydrogens (primary N) is 1. The van der Waals surface area contributed by atoms with E-state index in [9.17, 15) is 0 Å². The maximum atomic E-state index is 5.76. The van der Waals surface area contributed by atoms with Gasteiger partial charge in [-0.05, 0) is 20.8 Å². The Morgan fingerprint density at radius 1 is 1.60 bits per heavy atom. The summed E-state index contributed by atoms with van der Waals surface area (Å²) in [6.45, 7) is 5.20. The molecule has 0 atom stereocenters. The molecule has 5 heteroatoms. The van der Waals surface area contributed by atoms with Crippen LogP contribution in [0.25, 0.3) is 0 Å². The second-order valence-corrected chi connectivity index (χ2v) is 3.52. The number of hydrogen-bond acceptors (Lipinski definition) is 5. The van der Waals surface area contributed by atoms with Crippen LogP contribution in [0.2, 0.25) is 0 Å². The molecule has 0 amide bonds. The lowest BCUT2D eigenvalue weighted by atomic mass is 10.3. The molecule has 5 nitrogen and oxygen atoms in total. The molecule has 0 radical (unpaired) electrons. The fraction of sp³-hybridized carbons (Fsp3) is 0.400. The van der Waals surface area contributed by atoms with E-state index in [0.717, 1.165) is 18.8 Å². The molecule has 1 aromatic rings. The van der Waals surface area contributed by atoms with Crippen molar-refractivity contribution in [3.05, 3.63) is 12.3 Å². The summed E-state index contributed by atoms with van der Waals surface area (Å²) in [7, 11) is 4.04. The zero-order chi connectivity index (χ0) is 11.3. The third-order valence-electron chi connectivity index (χ3n) is 1.96. The van der Waals surface area contributed by atoms with Crippen LogP contribution in [0.3, 0.4) is 0 Å². The van der Waals surface area contributed by atoms with Crippen molar-refractivity contribution in [2.75, 3.05) is 38.2 Å². The normalized spacial score (nSPS) is 10.3. The van der Waals surface area contributed by atoms with Crippen LogP contribution in [0.4, 0.5) is 17.2 Å². The number of aromatic nitrogens is 1. The SMILES string of the molecule is C=Nc1cc(NCCN(C)C)c(N)cn1. The highest BCUT2D eigenvalue weighted by atomic mass is 15.1. The van der Waals surface area contributed by atoms with E-state index >= 15 is 0 Å². The minimum Gasteiger partial charge on any atom is -0.396 e. The number of hydrogen-bond donors (Lipinski definition) is 2. The van der Waals surface area contributed by atoms with E-state index in [1.165, 1.54) is 0 Å². The standard InChI is InChI=1S/C10H17N5/c1-12-10-6-9(8(11)7-14-10)13-4-5-15(2)3/h6-7H,1,4-5,11H2,2-3H3,(H,13,14). The summed E-state index contributed by atoms with van der Waals surface area (Å²) >= 11 is 0. The van der Waals surface area contributed by atoms with E-state index in [2.05, 4.69) is 26.9 Å². The quantitative estimate of drug-likeness (QED) is 0.706. The zero-order valence-corrected chi connectivity index (χ0v) is 9.20. The van der Waals surface area contributed by atoms with Crippen LogP contribution in [-0.4, -0.2) is 43.8 Å². The lowest BCUT2D eigenvalue weighted by Crippen LogP contribution is -2.21. The summed E-state index contributed by atoms with van der Waals surface area (Å²) < 4.78 is 0. The smallest absolute Gasteiger partial charge is 0.153 e. The molecule has 82 valence electrons. The Kier molecular flexibility index (Phi) is 4.05. The molecule has 0 unspecified atom stereocenters. The second kappa shape index (κ2) is 5.31. The van der Waals surface area contributed by atoms with Crippen LogP contribution in [0, 0.1) is 0 Å². The molecule has 0 aliphatic carbocycles. The number of nitrogens with one attached hydrogen (secondary N) is 1. The molecule has 0 fully saturated rings. The Morgan fingerprint density at radius 3 is 2.93 bits per heavy atom. The Hall–Kier alpha value is -1.62. The molecule has 15 heavy (non-hydrogen) atoms. The van der Waals surface area contributed by atoms with Crippen LogP contribution in [-0.2, 0) is 0 Å². The fourth-order valence-electron chi connectivity index (χ4n) is 1.11. The van der Waals surface area contributed by atoms with E-state index in [4.69, 9.17) is 5.73 Å². The van der Waals surface area contributed by atoms with Gasteiger partial charge in [0, 0.05) is 19.2 Å². The summed E-state index contributed by atoms with van der Waals surface area (Å²) in [5.41, 5.74) is 7.24. The summed E-state index contributed by atoms with van der Waals surface area (Å²) in [5.74, 6) is 0.580. The van der Waals surface area contributed by atoms with Gasteiger partial charge < -0.3 is 16.0 Å². The Bertz CT molecular complexity index is 335. The maximum Gasteiger partial charge on any atom is 0.153 e. The number of pyridine rings is 1. The number of anilines is 2. The predicted octanol–water partition coefficient (Wildman–Crippen LogP) is 0.969. The van der Waals surface area contributed by atoms with E-state index in [1.54, 1.807) is 12.3 Å². The Morgan fingerprint density at radius 2 is 2.33 bits per heavy atom. The van der Waals surface area contributed by atoms with Gasteiger partial charge in [-0.2, -0.15) is 0 Å². The van der Waals surface area contributed by atoms with Crippen molar-refractivity contribution in [2.45, 2.75) is 0 Å². The van der Waals surface area contributed by atoms with Gasteiger partial charge in [0.15, 0.2) is 5.82 Å². The first-order chi connectivity index (χ1) is 7.13. The Balaban J connectivity index is 2.62. The minimum atomic E-state index is 0.580. The molecule has 0 bridgehead atoms. The highest BCUT2D eigenvalue weighted by Gasteiger charge is 2.00. The van der Waals surface area contributed by atoms with Crippen molar-refractivity contribution in [1.82, 2.24) is 9.88 Å². The average molecular weight is 207 g/mol. The predicted molar refractivity (Wildman–Crippen MR) is 64.9 cm³/mol. The molecule has 1 rings (SSSR count). The van der Waals surface area contributed by atoms with Gasteiger partial charge in [-0.1, -0.05) is 0 Å². The first kappa shape index (κ1) is 11.5. The topological polar surface area (TPSA) is 66.5 Å². The summed E-state index contributed by atoms with van der Waals surface area (Å²) in [4.78, 5) is 9.84. The lowest BCUT2D eigenvalue weighted by Gasteiger charge is -2.12. The molecule has 1 heterocycles. The van der Waals surface area contributed by atoms with E-state index in [-0.39, 0.29) is 0 Å². The number of nitrogens with zero attached hydrogens (tertiary/aromatic N) is 3. The molecule has 0 saturated heterocycles. The third kappa shape index (κ3) is 3.55. The molecular weight excluding hydrogens is 190 g/mol. The molecule has 0 aliphatic heterocycles. The molecule has 1 aromatic heterocycles. The fourth-order valence-corrected chi connectivity index (χ4v) is 1.11. The van der Waals surface area contributed by atoms with Gasteiger partial charge in [0.1, 0.15) is 0 Å². The van der Waals surface area contributed by atoms with Gasteiger partial charge in [-0.25, -0.2) is 9.98 Å². The number of nitrogen functional groups attached to an aromatic ring is 1. The van der Waals surface area contributed by atoms with Crippen molar-refractivity contribution in [3.8, 4) is 0 Å². The molecular formula is C10H17N5.